The van der Waals surface area contributed by atoms with Gasteiger partial charge in [0, 0.05) is 27.2 Å². The van der Waals surface area contributed by atoms with E-state index in [1.165, 1.54) is 14.1 Å². The first-order chi connectivity index (χ1) is 7.84. The maximum Gasteiger partial charge on any atom is 0.279 e. The van der Waals surface area contributed by atoms with Gasteiger partial charge in [0.25, 0.3) is 10.2 Å². The normalized spacial score (nSPS) is 19.4. The van der Waals surface area contributed by atoms with Crippen LogP contribution in [0, 0.1) is 0 Å². The highest BCUT2D eigenvalue weighted by atomic mass is 32.2. The molecular formula is C9H19N3O4S. The third-order valence-electron chi connectivity index (χ3n) is 2.50. The number of hydrogen-bond acceptors (Lipinski definition) is 4. The summed E-state index contributed by atoms with van der Waals surface area (Å²) in [5.41, 5.74) is 0. The minimum absolute atomic E-state index is 0.223. The van der Waals surface area contributed by atoms with E-state index in [-0.39, 0.29) is 5.91 Å². The maximum absolute atomic E-state index is 11.9. The molecule has 0 radical (unpaired) electrons. The van der Waals surface area contributed by atoms with Gasteiger partial charge in [0.2, 0.25) is 5.91 Å². The van der Waals surface area contributed by atoms with Crippen molar-refractivity contribution in [2.24, 2.45) is 0 Å². The number of nitrogens with zero attached hydrogens (tertiary/aromatic N) is 2. The Morgan fingerprint density at radius 3 is 2.35 bits per heavy atom. The Morgan fingerprint density at radius 2 is 1.88 bits per heavy atom. The molecular weight excluding hydrogens is 246 g/mol. The summed E-state index contributed by atoms with van der Waals surface area (Å²) < 4.78 is 31.6. The molecule has 1 N–H and O–H groups in total. The van der Waals surface area contributed by atoms with Crippen LogP contribution in [-0.4, -0.2) is 70.0 Å². The van der Waals surface area contributed by atoms with Crippen molar-refractivity contribution >= 4 is 16.1 Å². The Balaban J connectivity index is 2.58. The number of rotatable bonds is 4. The molecule has 1 saturated heterocycles. The Kier molecular flexibility index (Phi) is 4.87. The van der Waals surface area contributed by atoms with Gasteiger partial charge in [-0.3, -0.25) is 4.79 Å². The lowest BCUT2D eigenvalue weighted by Crippen LogP contribution is -2.52. The zero-order chi connectivity index (χ0) is 13.1. The van der Waals surface area contributed by atoms with Gasteiger partial charge in [-0.1, -0.05) is 0 Å². The summed E-state index contributed by atoms with van der Waals surface area (Å²) in [6.07, 6.45) is 0. The predicted molar refractivity (Wildman–Crippen MR) is 62.6 cm³/mol. The van der Waals surface area contributed by atoms with Crippen molar-refractivity contribution in [1.82, 2.24) is 13.9 Å². The largest absolute Gasteiger partial charge is 0.378 e. The highest BCUT2D eigenvalue weighted by Gasteiger charge is 2.26. The van der Waals surface area contributed by atoms with Gasteiger partial charge in [-0.15, -0.1) is 0 Å². The molecule has 1 atom stereocenters. The average molecular weight is 265 g/mol. The SMILES string of the molecule is C[C@H](NS(=O)(=O)N(C)C)C(=O)N1CCOCC1. The summed E-state index contributed by atoms with van der Waals surface area (Å²) in [6.45, 7) is 3.55. The van der Waals surface area contributed by atoms with Gasteiger partial charge >= 0.3 is 0 Å². The fourth-order valence-corrected chi connectivity index (χ4v) is 2.20. The van der Waals surface area contributed by atoms with Crippen molar-refractivity contribution in [2.45, 2.75) is 13.0 Å². The van der Waals surface area contributed by atoms with Gasteiger partial charge in [0.05, 0.1) is 19.3 Å². The lowest BCUT2D eigenvalue weighted by molar-refractivity contribution is -0.136. The zero-order valence-corrected chi connectivity index (χ0v) is 11.2. The molecule has 1 rings (SSSR count). The molecule has 17 heavy (non-hydrogen) atoms. The van der Waals surface area contributed by atoms with E-state index < -0.39 is 16.3 Å². The smallest absolute Gasteiger partial charge is 0.279 e. The van der Waals surface area contributed by atoms with Crippen molar-refractivity contribution in [2.75, 3.05) is 40.4 Å². The summed E-state index contributed by atoms with van der Waals surface area (Å²) in [4.78, 5) is 13.5. The number of hydrogen-bond donors (Lipinski definition) is 1. The van der Waals surface area contributed by atoms with Gasteiger partial charge in [-0.05, 0) is 6.92 Å². The quantitative estimate of drug-likeness (QED) is 0.680. The van der Waals surface area contributed by atoms with Crippen LogP contribution in [0.15, 0.2) is 0 Å². The molecule has 1 amide bonds. The van der Waals surface area contributed by atoms with Crippen LogP contribution < -0.4 is 4.72 Å². The molecule has 0 saturated carbocycles. The molecule has 0 unspecified atom stereocenters. The lowest BCUT2D eigenvalue weighted by atomic mass is 10.3. The molecule has 1 aliphatic rings. The fraction of sp³-hybridized carbons (Fsp3) is 0.889. The third-order valence-corrected chi connectivity index (χ3v) is 4.11. The fourth-order valence-electron chi connectivity index (χ4n) is 1.44. The summed E-state index contributed by atoms with van der Waals surface area (Å²) in [7, 11) is -0.755. The number of morpholine rings is 1. The molecule has 0 spiro atoms. The summed E-state index contributed by atoms with van der Waals surface area (Å²) >= 11 is 0. The minimum atomic E-state index is -3.58. The first kappa shape index (κ1) is 14.4. The lowest BCUT2D eigenvalue weighted by Gasteiger charge is -2.29. The van der Waals surface area contributed by atoms with E-state index in [4.69, 9.17) is 4.74 Å². The number of amides is 1. The first-order valence-corrected chi connectivity index (χ1v) is 6.85. The zero-order valence-electron chi connectivity index (χ0n) is 10.3. The van der Waals surface area contributed by atoms with Gasteiger partial charge in [-0.2, -0.15) is 17.4 Å². The van der Waals surface area contributed by atoms with Gasteiger partial charge < -0.3 is 9.64 Å². The Hall–Kier alpha value is -0.700. The second-order valence-corrected chi connectivity index (χ2v) is 5.98. The number of carbonyl (C=O) groups is 1. The van der Waals surface area contributed by atoms with Crippen LogP contribution in [0.3, 0.4) is 0 Å². The molecule has 8 heteroatoms. The Bertz CT molecular complexity index is 362. The molecule has 0 aromatic carbocycles. The summed E-state index contributed by atoms with van der Waals surface area (Å²) in [5.74, 6) is -0.223. The second kappa shape index (κ2) is 5.76. The summed E-state index contributed by atoms with van der Waals surface area (Å²) in [6, 6.07) is -0.763. The van der Waals surface area contributed by atoms with E-state index in [1.807, 2.05) is 0 Å². The monoisotopic (exact) mass is 265 g/mol. The Morgan fingerprint density at radius 1 is 1.35 bits per heavy atom. The van der Waals surface area contributed by atoms with Crippen LogP contribution in [0.4, 0.5) is 0 Å². The number of ether oxygens (including phenoxy) is 1. The molecule has 0 aromatic rings. The van der Waals surface area contributed by atoms with Gasteiger partial charge in [-0.25, -0.2) is 0 Å². The topological polar surface area (TPSA) is 79.0 Å². The van der Waals surface area contributed by atoms with Crippen molar-refractivity contribution in [3.05, 3.63) is 0 Å². The van der Waals surface area contributed by atoms with Crippen LogP contribution >= 0.6 is 0 Å². The van der Waals surface area contributed by atoms with E-state index in [0.29, 0.717) is 26.3 Å². The standard InChI is InChI=1S/C9H19N3O4S/c1-8(10-17(14,15)11(2)3)9(13)12-4-6-16-7-5-12/h8,10H,4-7H2,1-3H3/t8-/m0/s1. The average Bonchev–Trinajstić information content (AvgIpc) is 2.28. The van der Waals surface area contributed by atoms with Crippen molar-refractivity contribution in [3.63, 3.8) is 0 Å². The number of nitrogens with one attached hydrogen (secondary N) is 1. The van der Waals surface area contributed by atoms with Crippen LogP contribution in [0.2, 0.25) is 0 Å². The molecule has 0 aliphatic carbocycles. The molecule has 0 aromatic heterocycles. The van der Waals surface area contributed by atoms with Crippen molar-refractivity contribution in [3.8, 4) is 0 Å². The van der Waals surface area contributed by atoms with E-state index in [2.05, 4.69) is 4.72 Å². The first-order valence-electron chi connectivity index (χ1n) is 5.41. The highest BCUT2D eigenvalue weighted by Crippen LogP contribution is 2.02. The van der Waals surface area contributed by atoms with Crippen LogP contribution in [0.5, 0.6) is 0 Å². The molecule has 100 valence electrons. The molecule has 7 nitrogen and oxygen atoms in total. The van der Waals surface area contributed by atoms with Gasteiger partial charge in [0.1, 0.15) is 0 Å². The van der Waals surface area contributed by atoms with E-state index in [9.17, 15) is 13.2 Å². The van der Waals surface area contributed by atoms with Crippen LogP contribution in [0.1, 0.15) is 6.92 Å². The summed E-state index contributed by atoms with van der Waals surface area (Å²) in [5, 5.41) is 0. The highest BCUT2D eigenvalue weighted by molar-refractivity contribution is 7.87. The minimum Gasteiger partial charge on any atom is -0.378 e. The second-order valence-electron chi connectivity index (χ2n) is 4.06. The predicted octanol–water partition coefficient (Wildman–Crippen LogP) is -1.37. The van der Waals surface area contributed by atoms with Gasteiger partial charge in [0.15, 0.2) is 0 Å². The third kappa shape index (κ3) is 3.91. The van der Waals surface area contributed by atoms with Crippen molar-refractivity contribution in [1.29, 1.82) is 0 Å². The molecule has 1 aliphatic heterocycles. The Labute approximate surface area is 102 Å². The molecule has 0 bridgehead atoms. The number of carbonyl (C=O) groups excluding carboxylic acids is 1. The molecule has 1 fully saturated rings. The van der Waals surface area contributed by atoms with E-state index in [0.717, 1.165) is 4.31 Å². The van der Waals surface area contributed by atoms with E-state index >= 15 is 0 Å². The van der Waals surface area contributed by atoms with Crippen molar-refractivity contribution < 1.29 is 17.9 Å². The van der Waals surface area contributed by atoms with E-state index in [1.54, 1.807) is 11.8 Å². The maximum atomic E-state index is 11.9. The molecule has 1 heterocycles. The van der Waals surface area contributed by atoms with Crippen LogP contribution in [-0.2, 0) is 19.7 Å². The van der Waals surface area contributed by atoms with Crippen LogP contribution in [0.25, 0.3) is 0 Å².